The van der Waals surface area contributed by atoms with Crippen LogP contribution < -0.4 is 41.2 Å². The summed E-state index contributed by atoms with van der Waals surface area (Å²) in [6, 6.07) is 65.2. The summed E-state index contributed by atoms with van der Waals surface area (Å²) >= 11 is 0. The maximum Gasteiger partial charge on any atom is 0.254 e. The molecule has 3 atom stereocenters. The van der Waals surface area contributed by atoms with E-state index in [1.807, 2.05) is 208 Å². The van der Waals surface area contributed by atoms with Gasteiger partial charge in [0, 0.05) is 215 Å². The molecule has 144 heavy (non-hydrogen) atoms. The number of benzene rings is 7. The third-order valence-corrected chi connectivity index (χ3v) is 28.7. The largest absolute Gasteiger partial charge is 0.494 e. The summed E-state index contributed by atoms with van der Waals surface area (Å²) in [5, 5.41) is 4.20. The van der Waals surface area contributed by atoms with Crippen molar-refractivity contribution in [2.45, 2.75) is 91.0 Å². The van der Waals surface area contributed by atoms with E-state index in [1.54, 1.807) is 53.2 Å². The summed E-state index contributed by atoms with van der Waals surface area (Å²) in [6.45, 7) is 21.7. The molecule has 3 saturated heterocycles. The van der Waals surface area contributed by atoms with Gasteiger partial charge in [-0.1, -0.05) is 121 Å². The number of carbonyl (C=O) groups is 3. The molecule has 25 heteroatoms. The van der Waals surface area contributed by atoms with Crippen LogP contribution in [0.15, 0.2) is 275 Å². The van der Waals surface area contributed by atoms with Crippen molar-refractivity contribution < 1.29 is 33.3 Å². The highest BCUT2D eigenvalue weighted by molar-refractivity contribution is 5.94. The van der Waals surface area contributed by atoms with Crippen molar-refractivity contribution in [3.63, 3.8) is 0 Å². The fraction of sp³-hybridized carbons (Fsp3) is 0.269. The van der Waals surface area contributed by atoms with E-state index < -0.39 is 0 Å². The maximum atomic E-state index is 12.8. The van der Waals surface area contributed by atoms with E-state index in [1.165, 1.54) is 0 Å². The Labute approximate surface area is 836 Å². The van der Waals surface area contributed by atoms with Crippen molar-refractivity contribution in [3.05, 3.63) is 342 Å². The Morgan fingerprint density at radius 2 is 0.736 bits per heavy atom. The Morgan fingerprint density at radius 3 is 1.21 bits per heavy atom. The highest BCUT2D eigenvalue weighted by atomic mass is 16.5. The maximum absolute atomic E-state index is 12.8. The summed E-state index contributed by atoms with van der Waals surface area (Å²) in [5.74, 6) is 3.55. The zero-order valence-corrected chi connectivity index (χ0v) is 83.1. The molecule has 8 aromatic heterocycles. The number of likely N-dealkylation sites (N-methyl/N-ethyl adjacent to an activating group) is 3. The number of piperazine rings is 3. The van der Waals surface area contributed by atoms with Gasteiger partial charge in [0.1, 0.15) is 30.5 Å². The first-order valence-electron chi connectivity index (χ1n) is 49.5. The first-order chi connectivity index (χ1) is 69.9. The van der Waals surface area contributed by atoms with Crippen molar-refractivity contribution in [1.82, 2.24) is 67.6 Å². The summed E-state index contributed by atoms with van der Waals surface area (Å²) in [7, 11) is 10.8. The van der Waals surface area contributed by atoms with E-state index in [-0.39, 0.29) is 58.1 Å². The summed E-state index contributed by atoms with van der Waals surface area (Å²) in [5.41, 5.74) is 25.7. The molecule has 15 aromatic rings. The lowest BCUT2D eigenvalue weighted by Crippen LogP contribution is -2.55. The Bertz CT molecular complexity index is 7930. The van der Waals surface area contributed by atoms with Crippen LogP contribution in [0.1, 0.15) is 78.6 Å². The molecular formula is C119H118N14O11. The third-order valence-electron chi connectivity index (χ3n) is 28.7. The Hall–Kier alpha value is -15.8. The van der Waals surface area contributed by atoms with Gasteiger partial charge >= 0.3 is 0 Å². The number of methoxy groups -OCH3 is 1. The number of carbonyl (C=O) groups excluding carboxylic acids is 3. The smallest absolute Gasteiger partial charge is 0.254 e. The lowest BCUT2D eigenvalue weighted by atomic mass is 9.98. The van der Waals surface area contributed by atoms with Crippen LogP contribution >= 0.6 is 0 Å². The van der Waals surface area contributed by atoms with E-state index in [0.717, 1.165) is 242 Å². The van der Waals surface area contributed by atoms with Crippen LogP contribution in [0.25, 0.3) is 146 Å². The monoisotopic (exact) mass is 1920 g/mol. The molecule has 3 aliphatic heterocycles. The lowest BCUT2D eigenvalue weighted by Gasteiger charge is -2.37. The molecule has 4 aliphatic carbocycles. The predicted octanol–water partition coefficient (Wildman–Crippen LogP) is 17.8. The van der Waals surface area contributed by atoms with E-state index in [9.17, 15) is 33.6 Å². The minimum atomic E-state index is -0.112. The average Bonchev–Trinajstić information content (AvgIpc) is 1.51. The van der Waals surface area contributed by atoms with E-state index in [0.29, 0.717) is 71.0 Å². The minimum absolute atomic E-state index is 0.0540. The van der Waals surface area contributed by atoms with E-state index >= 15 is 0 Å². The van der Waals surface area contributed by atoms with Gasteiger partial charge in [0.05, 0.1) is 71.0 Å². The number of ether oxygens (including phenoxy) is 4. The molecule has 7 aromatic carbocycles. The fourth-order valence-electron chi connectivity index (χ4n) is 20.3. The molecule has 3 fully saturated rings. The van der Waals surface area contributed by atoms with Crippen LogP contribution in [0.5, 0.6) is 23.1 Å². The molecule has 730 valence electrons. The van der Waals surface area contributed by atoms with Crippen molar-refractivity contribution >= 4 is 85.6 Å². The summed E-state index contributed by atoms with van der Waals surface area (Å²) in [4.78, 5) is 118. The molecule has 0 bridgehead atoms. The van der Waals surface area contributed by atoms with Crippen LogP contribution in [-0.4, -0.2) is 210 Å². The summed E-state index contributed by atoms with van der Waals surface area (Å²) < 4.78 is 30.1. The van der Waals surface area contributed by atoms with Gasteiger partial charge in [-0.3, -0.25) is 48.3 Å². The van der Waals surface area contributed by atoms with Crippen LogP contribution in [0.2, 0.25) is 0 Å². The van der Waals surface area contributed by atoms with Crippen LogP contribution in [-0.2, 0) is 67.3 Å². The Balaban J connectivity index is 0.000000124. The molecule has 7 aliphatic rings. The molecule has 0 unspecified atom stereocenters. The fourth-order valence-corrected chi connectivity index (χ4v) is 20.3. The SMILES string of the molecule is C=CCn1cc(-c2ccc3nc(-c4ccc(OCCN5CCN(C)C(=O)[C@H]5C)cc4)ccc3c2)c2c(c1=O)CC=C2.CCn1cc(-c2ccc3cc(-c4ccc(OCCN5CCN(C)C(=O)[C@H]5C)cc4)ccc3n2)c2c(c1=O)CC=C2.COc1ccc2cc(-c3cn(C)c(=O)c4c3C=CC4)ccc2n1.C[C@@H]1C(=O)N(C)CCN1CCCOc1cccc(-c2ccc3cc(-c4cn(C)c(=O)c5c4C=CC5)ccc3n2)c1. The number of hydrogen-bond acceptors (Lipinski definition) is 18. The van der Waals surface area contributed by atoms with E-state index in [2.05, 4.69) is 142 Å². The van der Waals surface area contributed by atoms with Crippen LogP contribution in [0.4, 0.5) is 0 Å². The molecule has 0 spiro atoms. The number of rotatable bonds is 24. The van der Waals surface area contributed by atoms with Crippen molar-refractivity contribution in [3.8, 4) is 101 Å². The van der Waals surface area contributed by atoms with Gasteiger partial charge in [-0.2, -0.15) is 0 Å². The Morgan fingerprint density at radius 1 is 0.354 bits per heavy atom. The van der Waals surface area contributed by atoms with Gasteiger partial charge in [-0.05, 0) is 231 Å². The number of amides is 3. The second-order valence-electron chi connectivity index (χ2n) is 37.8. The Kier molecular flexibility index (Phi) is 28.7. The first kappa shape index (κ1) is 97.0. The molecule has 0 radical (unpaired) electrons. The molecular weight excluding hydrogens is 1800 g/mol. The molecule has 25 nitrogen and oxygen atoms in total. The second-order valence-corrected chi connectivity index (χ2v) is 37.8. The van der Waals surface area contributed by atoms with Gasteiger partial charge in [0.2, 0.25) is 23.6 Å². The zero-order chi connectivity index (χ0) is 100. The topological polar surface area (TPSA) is 247 Å². The number of nitrogens with zero attached hydrogens (tertiary/aromatic N) is 14. The van der Waals surface area contributed by atoms with Gasteiger partial charge in [0.25, 0.3) is 22.2 Å². The lowest BCUT2D eigenvalue weighted by molar-refractivity contribution is -0.140. The number of pyridine rings is 8. The summed E-state index contributed by atoms with van der Waals surface area (Å²) in [6.07, 6.45) is 29.5. The van der Waals surface area contributed by atoms with Crippen molar-refractivity contribution in [2.24, 2.45) is 14.1 Å². The number of hydrogen-bond donors (Lipinski definition) is 0. The number of allylic oxidation sites excluding steroid dienone is 5. The van der Waals surface area contributed by atoms with Crippen molar-refractivity contribution in [2.75, 3.05) is 107 Å². The third kappa shape index (κ3) is 20.4. The molecule has 11 heterocycles. The molecule has 22 rings (SSSR count). The number of aromatic nitrogens is 8. The predicted molar refractivity (Wildman–Crippen MR) is 575 cm³/mol. The normalized spacial score (nSPS) is 16.2. The highest BCUT2D eigenvalue weighted by Gasteiger charge is 2.33. The molecule has 0 saturated carbocycles. The van der Waals surface area contributed by atoms with Gasteiger partial charge < -0.3 is 51.9 Å². The van der Waals surface area contributed by atoms with Crippen molar-refractivity contribution in [1.29, 1.82) is 0 Å². The van der Waals surface area contributed by atoms with E-state index in [4.69, 9.17) is 33.9 Å². The van der Waals surface area contributed by atoms with Crippen LogP contribution in [0.3, 0.4) is 0 Å². The quantitative estimate of drug-likeness (QED) is 0.0403. The zero-order valence-electron chi connectivity index (χ0n) is 83.1. The minimum Gasteiger partial charge on any atom is -0.494 e. The molecule has 3 amide bonds. The number of aryl methyl sites for hydroxylation is 3. The standard InChI is InChI=1S/C34H34N4O3.2C33H34N4O3.C19H16N2O2/c1-4-16-38-22-30(28-6-5-7-29(28)34(38)40)25-10-14-32-26(21-25)11-15-31(35-32)24-8-12-27(13-9-24)41-20-19-37-18-17-36(3)33(39)23(37)2;1-22-32(38)35(2)16-17-37(22)15-6-18-40-26-8-4-7-24(20-26)30-14-12-25-19-23(11-13-31(25)34-30)29-21-36(3)33(39)28-10-5-9-27(28)29;1-4-36-21-29(27-6-5-7-28(27)33(36)39)31-15-11-25-20-24(10-14-30(25)34-31)23-8-12-26(13-9-23)40-19-18-37-17-16-35(3)32(38)22(37)2;1-21-11-16(14-4-3-5-15(14)19(21)22)12-6-8-17-13(10-12)7-9-18(20-17)23-2/h4-6,8-15,21-23H,1,7,16-20H2,2-3H3;4-5,7-9,11-14,19-22H,6,10,15-18H2,1-3H3;5-6,8-15,20-22H,4,7,16-19H2,1-3H3;3-4,6-11H,5H2,1-2H3/t23-;2*22-;/m111./s1. The van der Waals surface area contributed by atoms with Gasteiger partial charge in [-0.15, -0.1) is 6.58 Å². The van der Waals surface area contributed by atoms with Gasteiger partial charge in [0.15, 0.2) is 0 Å². The second kappa shape index (κ2) is 42.5. The first-order valence-corrected chi connectivity index (χ1v) is 49.5. The number of fused-ring (bicyclic) bond motifs is 8. The average molecular weight is 1920 g/mol. The van der Waals surface area contributed by atoms with Gasteiger partial charge in [-0.25, -0.2) is 19.9 Å². The van der Waals surface area contributed by atoms with Crippen LogP contribution in [0, 0.1) is 0 Å². The molecule has 0 N–H and O–H groups in total. The highest BCUT2D eigenvalue weighted by Crippen LogP contribution is 2.39.